The molecule has 1 atom stereocenters. The first-order chi connectivity index (χ1) is 12.5. The molecule has 2 nitrogen and oxygen atoms in total. The van der Waals surface area contributed by atoms with Crippen molar-refractivity contribution in [2.45, 2.75) is 12.5 Å². The first kappa shape index (κ1) is 18.4. The van der Waals surface area contributed by atoms with Crippen LogP contribution in [0, 0.1) is 5.82 Å². The van der Waals surface area contributed by atoms with Crippen molar-refractivity contribution < 1.29 is 9.18 Å². The van der Waals surface area contributed by atoms with Gasteiger partial charge >= 0.3 is 0 Å². The average molecular weight is 388 g/mol. The number of carbonyl (C=O) groups excluding carboxylic acids is 1. The van der Waals surface area contributed by atoms with Gasteiger partial charge in [-0.25, -0.2) is 4.39 Å². The summed E-state index contributed by atoms with van der Waals surface area (Å²) in [5, 5.41) is 4.54. The lowest BCUT2D eigenvalue weighted by atomic mass is 9.97. The van der Waals surface area contributed by atoms with Gasteiger partial charge in [0.1, 0.15) is 5.82 Å². The van der Waals surface area contributed by atoms with E-state index >= 15 is 0 Å². The van der Waals surface area contributed by atoms with Crippen LogP contribution in [0.25, 0.3) is 0 Å². The summed E-state index contributed by atoms with van der Waals surface area (Å²) in [5.74, 6) is -0.347. The molecule has 0 fully saturated rings. The molecule has 3 aromatic carbocycles. The van der Waals surface area contributed by atoms with E-state index in [1.54, 1.807) is 48.5 Å². The minimum atomic E-state index is -0.317. The van der Waals surface area contributed by atoms with Crippen molar-refractivity contribution in [3.05, 3.63) is 99.8 Å². The van der Waals surface area contributed by atoms with Crippen LogP contribution in [0.1, 0.15) is 28.4 Å². The maximum absolute atomic E-state index is 13.3. The summed E-state index contributed by atoms with van der Waals surface area (Å²) < 4.78 is 13.3. The van der Waals surface area contributed by atoms with Gasteiger partial charge in [-0.3, -0.25) is 4.79 Å². The number of hydrogen-bond acceptors (Lipinski definition) is 2. The first-order valence-electron chi connectivity index (χ1n) is 8.07. The number of rotatable bonds is 6. The van der Waals surface area contributed by atoms with Gasteiger partial charge in [0.2, 0.25) is 0 Å². The van der Waals surface area contributed by atoms with Crippen LogP contribution in [0.5, 0.6) is 0 Å². The highest BCUT2D eigenvalue weighted by atomic mass is 35.5. The zero-order chi connectivity index (χ0) is 18.5. The highest BCUT2D eigenvalue weighted by Crippen LogP contribution is 2.26. The minimum Gasteiger partial charge on any atom is -0.378 e. The molecular weight excluding hydrogens is 372 g/mol. The van der Waals surface area contributed by atoms with E-state index in [1.807, 2.05) is 12.1 Å². The number of anilines is 1. The van der Waals surface area contributed by atoms with Crippen molar-refractivity contribution in [1.82, 2.24) is 0 Å². The predicted octanol–water partition coefficient (Wildman–Crippen LogP) is 6.56. The second-order valence-corrected chi connectivity index (χ2v) is 6.76. The highest BCUT2D eigenvalue weighted by molar-refractivity contribution is 6.31. The number of Topliss-reactive ketones (excluding diaryl/α,β-unsaturated/α-hetero) is 1. The first-order valence-corrected chi connectivity index (χ1v) is 8.83. The minimum absolute atomic E-state index is 0.0301. The van der Waals surface area contributed by atoms with E-state index in [9.17, 15) is 9.18 Å². The summed E-state index contributed by atoms with van der Waals surface area (Å²) in [6.07, 6.45) is 0.218. The van der Waals surface area contributed by atoms with E-state index in [4.69, 9.17) is 23.2 Å². The van der Waals surface area contributed by atoms with Crippen molar-refractivity contribution in [2.75, 3.05) is 5.32 Å². The molecule has 132 valence electrons. The lowest BCUT2D eigenvalue weighted by Crippen LogP contribution is -2.16. The molecule has 1 N–H and O–H groups in total. The summed E-state index contributed by atoms with van der Waals surface area (Å²) >= 11 is 11.8. The quantitative estimate of drug-likeness (QED) is 0.485. The fourth-order valence-corrected chi connectivity index (χ4v) is 2.89. The molecule has 0 radical (unpaired) electrons. The summed E-state index contributed by atoms with van der Waals surface area (Å²) in [5.41, 5.74) is 2.23. The van der Waals surface area contributed by atoms with Gasteiger partial charge in [-0.15, -0.1) is 0 Å². The third-order valence-corrected chi connectivity index (χ3v) is 4.52. The maximum Gasteiger partial charge on any atom is 0.165 e. The number of nitrogens with one attached hydrogen (secondary N) is 1. The van der Waals surface area contributed by atoms with Crippen LogP contribution in [0.3, 0.4) is 0 Å². The van der Waals surface area contributed by atoms with Crippen LogP contribution in [0.15, 0.2) is 72.8 Å². The smallest absolute Gasteiger partial charge is 0.165 e. The molecule has 0 saturated heterocycles. The maximum atomic E-state index is 13.3. The Morgan fingerprint density at radius 3 is 1.96 bits per heavy atom. The van der Waals surface area contributed by atoms with Gasteiger partial charge in [-0.1, -0.05) is 35.3 Å². The zero-order valence-corrected chi connectivity index (χ0v) is 15.3. The monoisotopic (exact) mass is 387 g/mol. The lowest BCUT2D eigenvalue weighted by molar-refractivity contribution is 0.0976. The standard InChI is InChI=1S/C21H16Cl2FNO/c22-16-5-1-15(2-6-16)21(26)13-20(14-3-9-18(24)10-4-14)25-19-11-7-17(23)8-12-19/h1-12,20,25H,13H2/t20-/m0/s1. The normalized spacial score (nSPS) is 11.8. The molecule has 0 aliphatic heterocycles. The molecule has 0 amide bonds. The summed E-state index contributed by atoms with van der Waals surface area (Å²) in [7, 11) is 0. The third-order valence-electron chi connectivity index (χ3n) is 4.01. The van der Waals surface area contributed by atoms with E-state index in [0.717, 1.165) is 11.3 Å². The predicted molar refractivity (Wildman–Crippen MR) is 105 cm³/mol. The Bertz CT molecular complexity index is 877. The molecule has 3 aromatic rings. The molecule has 0 aromatic heterocycles. The molecule has 0 spiro atoms. The highest BCUT2D eigenvalue weighted by Gasteiger charge is 2.17. The number of benzene rings is 3. The number of carbonyl (C=O) groups is 1. The van der Waals surface area contributed by atoms with Gasteiger partial charge in [-0.2, -0.15) is 0 Å². The van der Waals surface area contributed by atoms with Gasteiger partial charge in [0.05, 0.1) is 6.04 Å². The van der Waals surface area contributed by atoms with Gasteiger partial charge in [0.25, 0.3) is 0 Å². The molecule has 0 saturated carbocycles. The topological polar surface area (TPSA) is 29.1 Å². The Morgan fingerprint density at radius 2 is 1.38 bits per heavy atom. The molecule has 0 bridgehead atoms. The van der Waals surface area contributed by atoms with Crippen LogP contribution in [-0.2, 0) is 0 Å². The Labute approximate surface area is 161 Å². The van der Waals surface area contributed by atoms with E-state index < -0.39 is 0 Å². The molecule has 0 unspecified atom stereocenters. The summed E-state index contributed by atoms with van der Waals surface area (Å²) in [4.78, 5) is 12.7. The number of hydrogen-bond donors (Lipinski definition) is 1. The van der Waals surface area contributed by atoms with Gasteiger partial charge in [0.15, 0.2) is 5.78 Å². The van der Waals surface area contributed by atoms with Gasteiger partial charge in [-0.05, 0) is 66.2 Å². The Balaban J connectivity index is 1.84. The van der Waals surface area contributed by atoms with Crippen molar-refractivity contribution in [3.63, 3.8) is 0 Å². The lowest BCUT2D eigenvalue weighted by Gasteiger charge is -2.20. The van der Waals surface area contributed by atoms with Crippen LogP contribution in [0.2, 0.25) is 10.0 Å². The molecule has 0 heterocycles. The summed E-state index contributed by atoms with van der Waals surface area (Å²) in [6.45, 7) is 0. The van der Waals surface area contributed by atoms with Crippen molar-refractivity contribution in [1.29, 1.82) is 0 Å². The number of ketones is 1. The Hall–Kier alpha value is -2.36. The van der Waals surface area contributed by atoms with E-state index in [1.165, 1.54) is 12.1 Å². The molecule has 0 aliphatic carbocycles. The van der Waals surface area contributed by atoms with Crippen LogP contribution >= 0.6 is 23.2 Å². The average Bonchev–Trinajstić information content (AvgIpc) is 2.64. The number of halogens is 3. The molecule has 5 heteroatoms. The third kappa shape index (κ3) is 4.84. The second-order valence-electron chi connectivity index (χ2n) is 5.89. The van der Waals surface area contributed by atoms with Gasteiger partial charge < -0.3 is 5.32 Å². The Kier molecular flexibility index (Phi) is 5.92. The molecule has 26 heavy (non-hydrogen) atoms. The molecule has 0 aliphatic rings. The Morgan fingerprint density at radius 1 is 0.846 bits per heavy atom. The van der Waals surface area contributed by atoms with Crippen molar-refractivity contribution in [2.24, 2.45) is 0 Å². The SMILES string of the molecule is O=C(C[C@H](Nc1ccc(Cl)cc1)c1ccc(F)cc1)c1ccc(Cl)cc1. The second kappa shape index (κ2) is 8.35. The zero-order valence-electron chi connectivity index (χ0n) is 13.8. The van der Waals surface area contributed by atoms with Crippen molar-refractivity contribution >= 4 is 34.7 Å². The largest absolute Gasteiger partial charge is 0.378 e. The van der Waals surface area contributed by atoms with Gasteiger partial charge in [0, 0.05) is 27.7 Å². The molecular formula is C21H16Cl2FNO. The van der Waals surface area contributed by atoms with E-state index in [0.29, 0.717) is 15.6 Å². The molecule has 3 rings (SSSR count). The fraction of sp³-hybridized carbons (Fsp3) is 0.0952. The summed E-state index contributed by atoms with van der Waals surface area (Å²) in [6, 6.07) is 19.8. The van der Waals surface area contributed by atoms with Crippen LogP contribution in [-0.4, -0.2) is 5.78 Å². The fourth-order valence-electron chi connectivity index (χ4n) is 2.63. The van der Waals surface area contributed by atoms with Crippen LogP contribution in [0.4, 0.5) is 10.1 Å². The van der Waals surface area contributed by atoms with Crippen molar-refractivity contribution in [3.8, 4) is 0 Å². The van der Waals surface area contributed by atoms with E-state index in [-0.39, 0.29) is 24.1 Å². The van der Waals surface area contributed by atoms with Crippen LogP contribution < -0.4 is 5.32 Å². The van der Waals surface area contributed by atoms with E-state index in [2.05, 4.69) is 5.32 Å².